The highest BCUT2D eigenvalue weighted by Gasteiger charge is 2.29. The van der Waals surface area contributed by atoms with Gasteiger partial charge >= 0.3 is 0 Å². The van der Waals surface area contributed by atoms with E-state index in [0.717, 1.165) is 5.71 Å². The standard InChI is InChI=1S/C8H9N3OS/c1-9-4-6-10-5-2-3-13-7(5)8(12)11-6/h2-3,7,9H,4H2,1H3. The van der Waals surface area contributed by atoms with E-state index in [1.807, 2.05) is 11.5 Å². The van der Waals surface area contributed by atoms with Crippen LogP contribution in [0, 0.1) is 0 Å². The van der Waals surface area contributed by atoms with Gasteiger partial charge < -0.3 is 5.32 Å². The van der Waals surface area contributed by atoms with Crippen molar-refractivity contribution in [1.29, 1.82) is 0 Å². The number of rotatable bonds is 2. The number of nitrogens with one attached hydrogen (secondary N) is 1. The van der Waals surface area contributed by atoms with Crippen LogP contribution in [0.5, 0.6) is 0 Å². The second-order valence-electron chi connectivity index (χ2n) is 2.75. The highest BCUT2D eigenvalue weighted by atomic mass is 32.2. The smallest absolute Gasteiger partial charge is 0.267 e. The molecule has 0 spiro atoms. The Kier molecular flexibility index (Phi) is 2.28. The van der Waals surface area contributed by atoms with E-state index in [4.69, 9.17) is 0 Å². The minimum atomic E-state index is -0.180. The van der Waals surface area contributed by atoms with Crippen LogP contribution in [0.25, 0.3) is 0 Å². The molecule has 0 aliphatic carbocycles. The van der Waals surface area contributed by atoms with Gasteiger partial charge in [0.05, 0.1) is 12.3 Å². The van der Waals surface area contributed by atoms with E-state index >= 15 is 0 Å². The van der Waals surface area contributed by atoms with Crippen LogP contribution >= 0.6 is 11.8 Å². The lowest BCUT2D eigenvalue weighted by Gasteiger charge is -2.12. The molecule has 0 aromatic rings. The maximum atomic E-state index is 11.4. The lowest BCUT2D eigenvalue weighted by Crippen LogP contribution is -2.30. The highest BCUT2D eigenvalue weighted by Crippen LogP contribution is 2.25. The summed E-state index contributed by atoms with van der Waals surface area (Å²) in [5.41, 5.74) is 0.829. The molecule has 1 unspecified atom stereocenters. The van der Waals surface area contributed by atoms with Gasteiger partial charge in [0.1, 0.15) is 11.1 Å². The molecule has 2 rings (SSSR count). The van der Waals surface area contributed by atoms with Crippen LogP contribution in [0.3, 0.4) is 0 Å². The number of aliphatic imine (C=N–C) groups is 2. The number of hydrogen-bond acceptors (Lipinski definition) is 4. The molecule has 0 aromatic carbocycles. The summed E-state index contributed by atoms with van der Waals surface area (Å²) in [4.78, 5) is 19.5. The molecule has 0 radical (unpaired) electrons. The number of fused-ring (bicyclic) bond motifs is 1. The quantitative estimate of drug-likeness (QED) is 0.685. The maximum absolute atomic E-state index is 11.4. The van der Waals surface area contributed by atoms with E-state index in [9.17, 15) is 4.79 Å². The number of nitrogens with zero attached hydrogens (tertiary/aromatic N) is 2. The van der Waals surface area contributed by atoms with Crippen molar-refractivity contribution >= 4 is 29.2 Å². The summed E-state index contributed by atoms with van der Waals surface area (Å²) in [6.07, 6.45) is 1.87. The molecule has 68 valence electrons. The van der Waals surface area contributed by atoms with Crippen molar-refractivity contribution < 1.29 is 4.79 Å². The lowest BCUT2D eigenvalue weighted by atomic mass is 10.2. The first-order valence-corrected chi connectivity index (χ1v) is 4.92. The van der Waals surface area contributed by atoms with E-state index in [1.165, 1.54) is 11.8 Å². The predicted octanol–water partition coefficient (Wildman–Crippen LogP) is 0.215. The van der Waals surface area contributed by atoms with Gasteiger partial charge in [-0.2, -0.15) is 4.99 Å². The molecule has 13 heavy (non-hydrogen) atoms. The van der Waals surface area contributed by atoms with Crippen LogP contribution in [-0.2, 0) is 4.79 Å². The Hall–Kier alpha value is -0.940. The molecular formula is C8H9N3OS. The van der Waals surface area contributed by atoms with Crippen LogP contribution in [0.15, 0.2) is 21.5 Å². The molecular weight excluding hydrogens is 186 g/mol. The first-order chi connectivity index (χ1) is 6.31. The van der Waals surface area contributed by atoms with Gasteiger partial charge in [-0.1, -0.05) is 0 Å². The Morgan fingerprint density at radius 3 is 3.23 bits per heavy atom. The molecule has 0 saturated carbocycles. The summed E-state index contributed by atoms with van der Waals surface area (Å²) in [5, 5.41) is 4.62. The zero-order valence-corrected chi connectivity index (χ0v) is 7.97. The summed E-state index contributed by atoms with van der Waals surface area (Å²) in [5.74, 6) is 0.483. The molecule has 1 amide bonds. The number of hydrogen-bond donors (Lipinski definition) is 1. The minimum Gasteiger partial charge on any atom is -0.313 e. The number of carbonyl (C=O) groups is 1. The van der Waals surface area contributed by atoms with Crippen LogP contribution in [-0.4, -0.2) is 36.3 Å². The van der Waals surface area contributed by atoms with E-state index in [1.54, 1.807) is 7.05 Å². The average Bonchev–Trinajstić information content (AvgIpc) is 2.53. The second-order valence-corrected chi connectivity index (χ2v) is 3.77. The van der Waals surface area contributed by atoms with Gasteiger partial charge in [0.15, 0.2) is 0 Å². The first kappa shape index (κ1) is 8.65. The molecule has 5 heteroatoms. The summed E-state index contributed by atoms with van der Waals surface area (Å²) in [6.45, 7) is 0.542. The monoisotopic (exact) mass is 195 g/mol. The molecule has 0 bridgehead atoms. The molecule has 0 fully saturated rings. The molecule has 4 nitrogen and oxygen atoms in total. The molecule has 1 atom stereocenters. The van der Waals surface area contributed by atoms with Gasteiger partial charge in [0, 0.05) is 0 Å². The van der Waals surface area contributed by atoms with Crippen molar-refractivity contribution in [3.63, 3.8) is 0 Å². The van der Waals surface area contributed by atoms with Crippen molar-refractivity contribution in [1.82, 2.24) is 5.32 Å². The highest BCUT2D eigenvalue weighted by molar-refractivity contribution is 8.04. The van der Waals surface area contributed by atoms with Gasteiger partial charge in [-0.15, -0.1) is 11.8 Å². The Balaban J connectivity index is 2.24. The zero-order chi connectivity index (χ0) is 9.26. The molecule has 1 N–H and O–H groups in total. The molecule has 0 aromatic heterocycles. The number of allylic oxidation sites excluding steroid dienone is 1. The number of amides is 1. The van der Waals surface area contributed by atoms with Gasteiger partial charge in [-0.05, 0) is 18.5 Å². The van der Waals surface area contributed by atoms with E-state index in [2.05, 4.69) is 15.3 Å². The largest absolute Gasteiger partial charge is 0.313 e. The van der Waals surface area contributed by atoms with Gasteiger partial charge in [0.2, 0.25) is 0 Å². The van der Waals surface area contributed by atoms with Gasteiger partial charge in [-0.25, -0.2) is 4.99 Å². The lowest BCUT2D eigenvalue weighted by molar-refractivity contribution is -0.116. The van der Waals surface area contributed by atoms with Crippen LogP contribution in [0.4, 0.5) is 0 Å². The summed E-state index contributed by atoms with van der Waals surface area (Å²) < 4.78 is 0. The SMILES string of the molecule is CNCC1=NC(=O)C2SC=CC2=N1. The maximum Gasteiger partial charge on any atom is 0.267 e. The summed E-state index contributed by atoms with van der Waals surface area (Å²) in [7, 11) is 1.80. The molecule has 2 heterocycles. The third-order valence-electron chi connectivity index (χ3n) is 1.78. The van der Waals surface area contributed by atoms with Crippen molar-refractivity contribution in [3.8, 4) is 0 Å². The third kappa shape index (κ3) is 1.57. The van der Waals surface area contributed by atoms with Gasteiger partial charge in [0.25, 0.3) is 5.91 Å². The fourth-order valence-corrected chi connectivity index (χ4v) is 2.04. The Labute approximate surface area is 80.2 Å². The topological polar surface area (TPSA) is 53.8 Å². The number of likely N-dealkylation sites (N-methyl/N-ethyl adjacent to an activating group) is 1. The number of amidine groups is 1. The van der Waals surface area contributed by atoms with Crippen LogP contribution < -0.4 is 5.32 Å². The van der Waals surface area contributed by atoms with Gasteiger partial charge in [-0.3, -0.25) is 4.79 Å². The third-order valence-corrected chi connectivity index (χ3v) is 2.79. The number of thioether (sulfide) groups is 1. The number of carbonyl (C=O) groups excluding carboxylic acids is 1. The zero-order valence-electron chi connectivity index (χ0n) is 7.15. The van der Waals surface area contributed by atoms with E-state index < -0.39 is 0 Å². The second kappa shape index (κ2) is 3.43. The average molecular weight is 195 g/mol. The minimum absolute atomic E-state index is 0.0924. The molecule has 0 saturated heterocycles. The van der Waals surface area contributed by atoms with Crippen LogP contribution in [0.1, 0.15) is 0 Å². The van der Waals surface area contributed by atoms with Crippen molar-refractivity contribution in [2.75, 3.05) is 13.6 Å². The Morgan fingerprint density at radius 2 is 2.46 bits per heavy atom. The Morgan fingerprint density at radius 1 is 1.62 bits per heavy atom. The summed E-state index contributed by atoms with van der Waals surface area (Å²) >= 11 is 1.47. The predicted molar refractivity (Wildman–Crippen MR) is 54.3 cm³/mol. The van der Waals surface area contributed by atoms with Crippen molar-refractivity contribution in [2.45, 2.75) is 5.25 Å². The van der Waals surface area contributed by atoms with Crippen molar-refractivity contribution in [3.05, 3.63) is 11.5 Å². The fourth-order valence-electron chi connectivity index (χ4n) is 1.22. The molecule has 2 aliphatic rings. The first-order valence-electron chi connectivity index (χ1n) is 3.98. The van der Waals surface area contributed by atoms with Crippen molar-refractivity contribution in [2.24, 2.45) is 9.98 Å². The van der Waals surface area contributed by atoms with E-state index in [-0.39, 0.29) is 11.2 Å². The summed E-state index contributed by atoms with van der Waals surface area (Å²) in [6, 6.07) is 0. The Bertz CT molecular complexity index is 332. The molecule has 2 aliphatic heterocycles. The normalized spacial score (nSPS) is 25.6. The fraction of sp³-hybridized carbons (Fsp3) is 0.375. The van der Waals surface area contributed by atoms with Crippen LogP contribution in [0.2, 0.25) is 0 Å². The van der Waals surface area contributed by atoms with E-state index in [0.29, 0.717) is 12.4 Å².